The summed E-state index contributed by atoms with van der Waals surface area (Å²) in [6.45, 7) is 3.98. The number of amides is 4. The maximum atomic E-state index is 12.7. The maximum absolute atomic E-state index is 12.7. The van der Waals surface area contributed by atoms with Crippen molar-refractivity contribution in [3.05, 3.63) is 35.4 Å². The summed E-state index contributed by atoms with van der Waals surface area (Å²) in [5.41, 5.74) is 2.34. The highest BCUT2D eigenvalue weighted by Gasteiger charge is 2.33. The van der Waals surface area contributed by atoms with Crippen molar-refractivity contribution >= 4 is 17.8 Å². The zero-order valence-corrected chi connectivity index (χ0v) is 13.7. The number of nitrogens with one attached hydrogen (secondary N) is 2. The number of piperazine rings is 1. The van der Waals surface area contributed by atoms with Crippen molar-refractivity contribution in [3.8, 4) is 0 Å². The third kappa shape index (κ3) is 3.41. The summed E-state index contributed by atoms with van der Waals surface area (Å²) >= 11 is 0. The maximum Gasteiger partial charge on any atom is 0.325 e. The Bertz CT molecular complexity index is 644. The minimum absolute atomic E-state index is 0.0491. The molecule has 2 aliphatic rings. The van der Waals surface area contributed by atoms with Crippen molar-refractivity contribution in [1.29, 1.82) is 0 Å². The van der Waals surface area contributed by atoms with Crippen LogP contribution in [0, 0.1) is 0 Å². The van der Waals surface area contributed by atoms with Crippen molar-refractivity contribution < 1.29 is 14.4 Å². The number of benzene rings is 1. The molecule has 0 spiro atoms. The Kier molecular flexibility index (Phi) is 4.80. The van der Waals surface area contributed by atoms with Crippen LogP contribution in [0.3, 0.4) is 0 Å². The molecule has 0 saturated carbocycles. The fourth-order valence-electron chi connectivity index (χ4n) is 3.14. The number of urea groups is 1. The molecule has 7 heteroatoms. The Morgan fingerprint density at radius 1 is 1.25 bits per heavy atom. The van der Waals surface area contributed by atoms with Gasteiger partial charge in [-0.25, -0.2) is 4.79 Å². The van der Waals surface area contributed by atoms with E-state index in [1.54, 1.807) is 4.90 Å². The molecule has 1 aromatic rings. The summed E-state index contributed by atoms with van der Waals surface area (Å²) < 4.78 is 0. The standard InChI is InChI=1S/C17H22N4O3/c1-2-12-3-5-13(6-4-12)14-9-18-7-8-21(14)16(23)11-20-10-15(22)19-17(20)24/h3-6,14,18H,2,7-11H2,1H3,(H,19,22,24). The molecule has 7 nitrogen and oxygen atoms in total. The first kappa shape index (κ1) is 16.4. The Labute approximate surface area is 141 Å². The summed E-state index contributed by atoms with van der Waals surface area (Å²) in [5, 5.41) is 5.51. The van der Waals surface area contributed by atoms with E-state index in [0.717, 1.165) is 18.5 Å². The van der Waals surface area contributed by atoms with Gasteiger partial charge in [0.2, 0.25) is 11.8 Å². The van der Waals surface area contributed by atoms with E-state index in [1.165, 1.54) is 10.5 Å². The molecule has 3 rings (SSSR count). The van der Waals surface area contributed by atoms with E-state index in [0.29, 0.717) is 13.1 Å². The van der Waals surface area contributed by atoms with Crippen molar-refractivity contribution in [1.82, 2.24) is 20.4 Å². The minimum atomic E-state index is -0.493. The molecule has 0 radical (unpaired) electrons. The lowest BCUT2D eigenvalue weighted by Gasteiger charge is -2.37. The molecule has 1 aromatic carbocycles. The number of rotatable bonds is 4. The lowest BCUT2D eigenvalue weighted by Crippen LogP contribution is -2.51. The third-order valence-electron chi connectivity index (χ3n) is 4.53. The molecule has 128 valence electrons. The quantitative estimate of drug-likeness (QED) is 0.777. The SMILES string of the molecule is CCc1ccc(C2CNCCN2C(=O)CN2CC(=O)NC2=O)cc1. The first-order valence-electron chi connectivity index (χ1n) is 8.26. The third-order valence-corrected chi connectivity index (χ3v) is 4.53. The highest BCUT2D eigenvalue weighted by molar-refractivity contribution is 6.03. The predicted octanol–water partition coefficient (Wildman–Crippen LogP) is 0.274. The van der Waals surface area contributed by atoms with E-state index in [1.807, 2.05) is 0 Å². The van der Waals surface area contributed by atoms with Crippen molar-refractivity contribution in [2.75, 3.05) is 32.7 Å². The van der Waals surface area contributed by atoms with E-state index in [-0.39, 0.29) is 30.9 Å². The van der Waals surface area contributed by atoms with Crippen LogP contribution in [0.5, 0.6) is 0 Å². The second-order valence-electron chi connectivity index (χ2n) is 6.11. The monoisotopic (exact) mass is 330 g/mol. The van der Waals surface area contributed by atoms with Gasteiger partial charge in [-0.15, -0.1) is 0 Å². The van der Waals surface area contributed by atoms with Gasteiger partial charge in [0.25, 0.3) is 0 Å². The topological polar surface area (TPSA) is 81.8 Å². The number of hydrogen-bond acceptors (Lipinski definition) is 4. The zero-order valence-electron chi connectivity index (χ0n) is 13.7. The van der Waals surface area contributed by atoms with E-state index in [4.69, 9.17) is 0 Å². The zero-order chi connectivity index (χ0) is 17.1. The minimum Gasteiger partial charge on any atom is -0.332 e. The average Bonchev–Trinajstić information content (AvgIpc) is 2.92. The molecule has 2 heterocycles. The van der Waals surface area contributed by atoms with Crippen LogP contribution in [0.4, 0.5) is 4.79 Å². The second-order valence-corrected chi connectivity index (χ2v) is 6.11. The van der Waals surface area contributed by atoms with E-state index in [2.05, 4.69) is 41.8 Å². The fraction of sp³-hybridized carbons (Fsp3) is 0.471. The van der Waals surface area contributed by atoms with Gasteiger partial charge < -0.3 is 15.1 Å². The molecule has 4 amide bonds. The summed E-state index contributed by atoms with van der Waals surface area (Å²) in [5.74, 6) is -0.495. The van der Waals surface area contributed by atoms with Gasteiger partial charge in [-0.05, 0) is 17.5 Å². The van der Waals surface area contributed by atoms with Crippen LogP contribution in [-0.2, 0) is 16.0 Å². The van der Waals surface area contributed by atoms with Gasteiger partial charge >= 0.3 is 6.03 Å². The fourth-order valence-corrected chi connectivity index (χ4v) is 3.14. The van der Waals surface area contributed by atoms with Gasteiger partial charge in [0, 0.05) is 19.6 Å². The predicted molar refractivity (Wildman–Crippen MR) is 88.3 cm³/mol. The highest BCUT2D eigenvalue weighted by atomic mass is 16.2. The molecule has 2 aliphatic heterocycles. The lowest BCUT2D eigenvalue weighted by atomic mass is 10.0. The first-order chi connectivity index (χ1) is 11.6. The van der Waals surface area contributed by atoms with Crippen LogP contribution in [-0.4, -0.2) is 60.4 Å². The molecule has 0 aromatic heterocycles. The Balaban J connectivity index is 1.72. The summed E-state index contributed by atoms with van der Waals surface area (Å²) in [6.07, 6.45) is 0.976. The normalized spacial score (nSPS) is 21.1. The van der Waals surface area contributed by atoms with Crippen molar-refractivity contribution in [3.63, 3.8) is 0 Å². The van der Waals surface area contributed by atoms with Crippen LogP contribution in [0.1, 0.15) is 24.1 Å². The van der Waals surface area contributed by atoms with Gasteiger partial charge in [0.15, 0.2) is 0 Å². The molecule has 0 bridgehead atoms. The Hall–Kier alpha value is -2.41. The smallest absolute Gasteiger partial charge is 0.325 e. The van der Waals surface area contributed by atoms with Crippen molar-refractivity contribution in [2.24, 2.45) is 0 Å². The summed E-state index contributed by atoms with van der Waals surface area (Å²) in [7, 11) is 0. The first-order valence-corrected chi connectivity index (χ1v) is 8.26. The lowest BCUT2D eigenvalue weighted by molar-refractivity contribution is -0.135. The highest BCUT2D eigenvalue weighted by Crippen LogP contribution is 2.23. The number of hydrogen-bond donors (Lipinski definition) is 2. The Morgan fingerprint density at radius 3 is 2.62 bits per heavy atom. The van der Waals surface area contributed by atoms with Crippen LogP contribution in [0.2, 0.25) is 0 Å². The molecule has 0 aliphatic carbocycles. The van der Waals surface area contributed by atoms with Gasteiger partial charge in [-0.2, -0.15) is 0 Å². The van der Waals surface area contributed by atoms with Crippen LogP contribution in [0.25, 0.3) is 0 Å². The second kappa shape index (κ2) is 7.00. The molecule has 2 N–H and O–H groups in total. The van der Waals surface area contributed by atoms with E-state index >= 15 is 0 Å². The average molecular weight is 330 g/mol. The molecular formula is C17H22N4O3. The van der Waals surface area contributed by atoms with E-state index < -0.39 is 6.03 Å². The molecule has 2 fully saturated rings. The Morgan fingerprint density at radius 2 is 2.00 bits per heavy atom. The molecule has 1 atom stereocenters. The van der Waals surface area contributed by atoms with Gasteiger partial charge in [0.1, 0.15) is 13.1 Å². The molecular weight excluding hydrogens is 308 g/mol. The number of aryl methyl sites for hydroxylation is 1. The molecule has 1 unspecified atom stereocenters. The van der Waals surface area contributed by atoms with E-state index in [9.17, 15) is 14.4 Å². The van der Waals surface area contributed by atoms with Gasteiger partial charge in [-0.1, -0.05) is 31.2 Å². The molecule has 2 saturated heterocycles. The van der Waals surface area contributed by atoms with Crippen LogP contribution in [0.15, 0.2) is 24.3 Å². The number of carbonyl (C=O) groups is 3. The van der Waals surface area contributed by atoms with Crippen LogP contribution < -0.4 is 10.6 Å². The largest absolute Gasteiger partial charge is 0.332 e. The van der Waals surface area contributed by atoms with Crippen molar-refractivity contribution in [2.45, 2.75) is 19.4 Å². The molecule has 24 heavy (non-hydrogen) atoms. The van der Waals surface area contributed by atoms with Crippen LogP contribution >= 0.6 is 0 Å². The van der Waals surface area contributed by atoms with Gasteiger partial charge in [0.05, 0.1) is 6.04 Å². The number of carbonyl (C=O) groups excluding carboxylic acids is 3. The number of imide groups is 1. The van der Waals surface area contributed by atoms with Gasteiger partial charge in [-0.3, -0.25) is 14.9 Å². The summed E-state index contributed by atoms with van der Waals surface area (Å²) in [6, 6.07) is 7.73. The summed E-state index contributed by atoms with van der Waals surface area (Å²) in [4.78, 5) is 38.6. The number of nitrogens with zero attached hydrogens (tertiary/aromatic N) is 2.